The molecule has 1 amide bonds. The van der Waals surface area contributed by atoms with Crippen molar-refractivity contribution in [1.82, 2.24) is 4.90 Å². The van der Waals surface area contributed by atoms with Crippen LogP contribution in [-0.2, 0) is 14.2 Å². The quantitative estimate of drug-likeness (QED) is 0.695. The average Bonchev–Trinajstić information content (AvgIpc) is 2.93. The molecule has 2 atom stereocenters. The fraction of sp³-hybridized carbons (Fsp3) is 0.619. The Balaban J connectivity index is 2.08. The maximum atomic E-state index is 12.7. The van der Waals surface area contributed by atoms with Crippen molar-refractivity contribution in [1.29, 1.82) is 0 Å². The number of ether oxygens (including phenoxy) is 3. The number of benzene rings is 1. The minimum absolute atomic E-state index is 0.0474. The molecule has 8 heteroatoms. The van der Waals surface area contributed by atoms with Gasteiger partial charge in [0.2, 0.25) is 0 Å². The largest absolute Gasteiger partial charge is 0.459 e. The first-order valence-corrected chi connectivity index (χ1v) is 9.59. The lowest BCUT2D eigenvalue weighted by molar-refractivity contribution is -0.0869. The van der Waals surface area contributed by atoms with Crippen molar-refractivity contribution in [3.8, 4) is 0 Å². The van der Waals surface area contributed by atoms with Gasteiger partial charge in [0.15, 0.2) is 0 Å². The highest BCUT2D eigenvalue weighted by Gasteiger charge is 2.48. The number of carbonyl (C=O) groups excluding carboxylic acids is 2. The lowest BCUT2D eigenvalue weighted by Gasteiger charge is -2.37. The van der Waals surface area contributed by atoms with E-state index < -0.39 is 48.2 Å². The smallest absolute Gasteiger partial charge is 0.412 e. The molecule has 1 heterocycles. The summed E-state index contributed by atoms with van der Waals surface area (Å²) in [6.45, 7) is 7.82. The van der Waals surface area contributed by atoms with Crippen LogP contribution in [0.3, 0.4) is 0 Å². The summed E-state index contributed by atoms with van der Waals surface area (Å²) in [7, 11) is 0. The van der Waals surface area contributed by atoms with E-state index >= 15 is 0 Å². The van der Waals surface area contributed by atoms with E-state index in [2.05, 4.69) is 0 Å². The number of nitrogens with zero attached hydrogens (tertiary/aromatic N) is 1. The molecule has 1 aliphatic rings. The molecule has 8 nitrogen and oxygen atoms in total. The summed E-state index contributed by atoms with van der Waals surface area (Å²) in [5.41, 5.74) is -3.03. The molecule has 162 valence electrons. The minimum Gasteiger partial charge on any atom is -0.459 e. The molecule has 29 heavy (non-hydrogen) atoms. The molecule has 0 unspecified atom stereocenters. The van der Waals surface area contributed by atoms with Gasteiger partial charge in [-0.15, -0.1) is 0 Å². The second kappa shape index (κ2) is 8.69. The Labute approximate surface area is 171 Å². The van der Waals surface area contributed by atoms with Gasteiger partial charge in [-0.3, -0.25) is 4.90 Å². The standard InChI is InChI=1S/C21H31NO7/c1-19(2,3)29-18(25)22-16(12-28-20(22,4)5)11-21(26,13-23)14-27-17(24)15-9-7-6-8-10-15/h6-10,16,23,26H,11-14H2,1-5H3/t16-,21-/m0/s1. The van der Waals surface area contributed by atoms with Gasteiger partial charge in [-0.05, 0) is 46.8 Å². The van der Waals surface area contributed by atoms with Gasteiger partial charge in [0.1, 0.15) is 23.5 Å². The molecule has 0 spiro atoms. The summed E-state index contributed by atoms with van der Waals surface area (Å²) in [5.74, 6) is -0.607. The minimum atomic E-state index is -1.74. The van der Waals surface area contributed by atoms with Crippen LogP contribution in [0.4, 0.5) is 4.79 Å². The molecule has 1 fully saturated rings. The average molecular weight is 409 g/mol. The highest BCUT2D eigenvalue weighted by Crippen LogP contribution is 2.33. The van der Waals surface area contributed by atoms with Crippen LogP contribution in [0.15, 0.2) is 30.3 Å². The van der Waals surface area contributed by atoms with Gasteiger partial charge in [-0.25, -0.2) is 9.59 Å². The van der Waals surface area contributed by atoms with Gasteiger partial charge < -0.3 is 24.4 Å². The van der Waals surface area contributed by atoms with E-state index in [0.29, 0.717) is 5.56 Å². The molecule has 0 aliphatic carbocycles. The van der Waals surface area contributed by atoms with Gasteiger partial charge in [-0.2, -0.15) is 0 Å². The fourth-order valence-corrected chi connectivity index (χ4v) is 3.18. The lowest BCUT2D eigenvalue weighted by Crippen LogP contribution is -2.53. The summed E-state index contributed by atoms with van der Waals surface area (Å²) >= 11 is 0. The second-order valence-corrected chi connectivity index (χ2v) is 8.79. The van der Waals surface area contributed by atoms with E-state index in [0.717, 1.165) is 0 Å². The molecule has 0 aromatic heterocycles. The Kier molecular flexibility index (Phi) is 6.93. The molecular formula is C21H31NO7. The van der Waals surface area contributed by atoms with Gasteiger partial charge in [-0.1, -0.05) is 18.2 Å². The summed E-state index contributed by atoms with van der Waals surface area (Å²) < 4.78 is 16.4. The SMILES string of the molecule is CC(C)(C)OC(=O)N1[C@@H](C[C@](O)(CO)COC(=O)c2ccccc2)COC1(C)C. The number of hydrogen-bond acceptors (Lipinski definition) is 7. The van der Waals surface area contributed by atoms with Crippen LogP contribution in [-0.4, -0.2) is 70.0 Å². The Morgan fingerprint density at radius 1 is 1.24 bits per heavy atom. The summed E-state index contributed by atoms with van der Waals surface area (Å²) in [6.07, 6.45) is -0.625. The van der Waals surface area contributed by atoms with E-state index in [1.165, 1.54) is 4.90 Å². The van der Waals surface area contributed by atoms with Crippen LogP contribution in [0.25, 0.3) is 0 Å². The lowest BCUT2D eigenvalue weighted by atomic mass is 9.95. The van der Waals surface area contributed by atoms with E-state index in [9.17, 15) is 19.8 Å². The summed E-state index contributed by atoms with van der Waals surface area (Å²) in [6, 6.07) is 7.80. The third-order valence-electron chi connectivity index (χ3n) is 4.56. The first-order chi connectivity index (χ1) is 13.4. The number of hydrogen-bond donors (Lipinski definition) is 2. The van der Waals surface area contributed by atoms with Crippen molar-refractivity contribution in [2.45, 2.75) is 64.0 Å². The monoisotopic (exact) mass is 409 g/mol. The van der Waals surface area contributed by atoms with Crippen molar-refractivity contribution >= 4 is 12.1 Å². The highest BCUT2D eigenvalue weighted by molar-refractivity contribution is 5.89. The zero-order chi connectivity index (χ0) is 21.9. The van der Waals surface area contributed by atoms with Gasteiger partial charge >= 0.3 is 12.1 Å². The molecule has 0 radical (unpaired) electrons. The molecule has 0 bridgehead atoms. The number of carbonyl (C=O) groups is 2. The van der Waals surface area contributed by atoms with Crippen LogP contribution in [0, 0.1) is 0 Å². The van der Waals surface area contributed by atoms with Gasteiger partial charge in [0.25, 0.3) is 0 Å². The first-order valence-electron chi connectivity index (χ1n) is 9.59. The summed E-state index contributed by atoms with van der Waals surface area (Å²) in [4.78, 5) is 26.3. The van der Waals surface area contributed by atoms with Crippen LogP contribution >= 0.6 is 0 Å². The van der Waals surface area contributed by atoms with Crippen molar-refractivity contribution in [2.24, 2.45) is 0 Å². The first kappa shape index (κ1) is 23.1. The topological polar surface area (TPSA) is 106 Å². The second-order valence-electron chi connectivity index (χ2n) is 8.79. The van der Waals surface area contributed by atoms with Crippen LogP contribution < -0.4 is 0 Å². The Hall–Kier alpha value is -2.16. The van der Waals surface area contributed by atoms with Gasteiger partial charge in [0, 0.05) is 6.42 Å². The number of esters is 1. The molecular weight excluding hydrogens is 378 g/mol. The Morgan fingerprint density at radius 2 is 1.86 bits per heavy atom. The van der Waals surface area contributed by atoms with Crippen LogP contribution in [0.2, 0.25) is 0 Å². The highest BCUT2D eigenvalue weighted by atomic mass is 16.6. The Bertz CT molecular complexity index is 713. The number of rotatable bonds is 6. The number of aliphatic hydroxyl groups excluding tert-OH is 1. The van der Waals surface area contributed by atoms with Crippen molar-refractivity contribution < 1.29 is 34.0 Å². The predicted molar refractivity (Wildman–Crippen MR) is 105 cm³/mol. The summed E-state index contributed by atoms with van der Waals surface area (Å²) in [5, 5.41) is 20.6. The van der Waals surface area contributed by atoms with Crippen LogP contribution in [0.5, 0.6) is 0 Å². The Morgan fingerprint density at radius 3 is 2.41 bits per heavy atom. The van der Waals surface area contributed by atoms with Crippen LogP contribution in [0.1, 0.15) is 51.4 Å². The van der Waals surface area contributed by atoms with E-state index in [1.807, 2.05) is 0 Å². The third kappa shape index (κ3) is 6.16. The normalized spacial score (nSPS) is 20.8. The molecule has 1 aromatic rings. The van der Waals surface area contributed by atoms with Crippen molar-refractivity contribution in [3.63, 3.8) is 0 Å². The fourth-order valence-electron chi connectivity index (χ4n) is 3.18. The molecule has 1 aliphatic heterocycles. The zero-order valence-electron chi connectivity index (χ0n) is 17.7. The maximum Gasteiger partial charge on any atom is 0.412 e. The number of amides is 1. The van der Waals surface area contributed by atoms with Crippen molar-refractivity contribution in [2.75, 3.05) is 19.8 Å². The molecule has 2 N–H and O–H groups in total. The molecule has 2 rings (SSSR count). The molecule has 1 aromatic carbocycles. The number of aliphatic hydroxyl groups is 2. The predicted octanol–water partition coefficient (Wildman–Crippen LogP) is 2.33. The van der Waals surface area contributed by atoms with E-state index in [-0.39, 0.29) is 13.0 Å². The third-order valence-corrected chi connectivity index (χ3v) is 4.56. The van der Waals surface area contributed by atoms with Gasteiger partial charge in [0.05, 0.1) is 24.8 Å². The maximum absolute atomic E-state index is 12.7. The van der Waals surface area contributed by atoms with E-state index in [1.54, 1.807) is 65.0 Å². The van der Waals surface area contributed by atoms with E-state index in [4.69, 9.17) is 14.2 Å². The molecule has 0 saturated carbocycles. The van der Waals surface area contributed by atoms with Crippen molar-refractivity contribution in [3.05, 3.63) is 35.9 Å². The molecule has 1 saturated heterocycles. The zero-order valence-corrected chi connectivity index (χ0v) is 17.7.